The van der Waals surface area contributed by atoms with Gasteiger partial charge in [-0.2, -0.15) is 0 Å². The number of benzene rings is 3. The van der Waals surface area contributed by atoms with E-state index in [4.69, 9.17) is 16.3 Å². The number of unbranched alkanes of at least 4 members (excludes halogenated alkanes) is 2. The number of carbonyl (C=O) groups is 13. The SMILES string of the molecule is CC(=O)N[C@H](Cc1ccc(Oc2ccccc2)cc1)C(=O)N[C@H](Cc1ccc(Cl)cc1)C(=O)N[C@H](Cc1cccnc1)C(=O)N[C@@H](CO)C(=O)N[C@@H](CC1CCC(NC(=O)c2cnccn2)CC1)C(=O)N[C@H](CCCCNC(=O)c1ccccn1)C(=O)N[C@@H](CC(C)C)C(=O)N[C@@H](CCCCNC(C)C)C(=O)N1CCC[C@H]1C(=O)N[C@H](C)C(=O)O. The number of carboxylic acid groups (broad SMARTS) is 1. The number of aromatic nitrogens is 4. The molecule has 33 nitrogen and oxygen atoms in total. The number of amides is 12. The largest absolute Gasteiger partial charge is 0.480 e. The number of hydrogen-bond acceptors (Lipinski definition) is 20. The van der Waals surface area contributed by atoms with E-state index in [1.807, 2.05) is 45.9 Å². The highest BCUT2D eigenvalue weighted by Crippen LogP contribution is 2.30. The van der Waals surface area contributed by atoms with Crippen LogP contribution in [0.5, 0.6) is 11.5 Å². The molecule has 8 rings (SSSR count). The Hall–Kier alpha value is -11.8. The summed E-state index contributed by atoms with van der Waals surface area (Å²) in [5, 5.41) is 54.9. The topological polar surface area (TPSA) is 471 Å². The maximum atomic E-state index is 15.5. The molecular weight excluding hydrogens is 1560 g/mol. The molecule has 14 N–H and O–H groups in total. The van der Waals surface area contributed by atoms with Crippen LogP contribution in [0.4, 0.5) is 0 Å². The molecule has 1 aliphatic carbocycles. The van der Waals surface area contributed by atoms with Crippen LogP contribution >= 0.6 is 11.6 Å². The molecule has 12 amide bonds. The maximum absolute atomic E-state index is 15.5. The molecule has 6 aromatic rings. The second kappa shape index (κ2) is 48.3. The summed E-state index contributed by atoms with van der Waals surface area (Å²) in [5.74, 6) is -9.72. The van der Waals surface area contributed by atoms with Gasteiger partial charge in [0.25, 0.3) is 11.8 Å². The second-order valence-electron chi connectivity index (χ2n) is 31.0. The van der Waals surface area contributed by atoms with Gasteiger partial charge in [-0.3, -0.25) is 77.3 Å². The number of ether oxygens (including phenoxy) is 1. The first-order valence-electron chi connectivity index (χ1n) is 40.9. The van der Waals surface area contributed by atoms with Crippen LogP contribution in [-0.2, 0) is 72.0 Å². The summed E-state index contributed by atoms with van der Waals surface area (Å²) >= 11 is 6.29. The fourth-order valence-electron chi connectivity index (χ4n) is 14.2. The molecule has 0 radical (unpaired) electrons. The average molecular weight is 1680 g/mol. The van der Waals surface area contributed by atoms with Gasteiger partial charge in [0.2, 0.25) is 59.1 Å². The van der Waals surface area contributed by atoms with Crippen LogP contribution in [0.25, 0.3) is 0 Å². The predicted molar refractivity (Wildman–Crippen MR) is 445 cm³/mol. The molecule has 0 bridgehead atoms. The van der Waals surface area contributed by atoms with Gasteiger partial charge < -0.3 is 83.7 Å². The van der Waals surface area contributed by atoms with Gasteiger partial charge in [-0.1, -0.05) is 93.9 Å². The molecule has 1 aliphatic heterocycles. The lowest BCUT2D eigenvalue weighted by Gasteiger charge is -2.32. The zero-order valence-corrected chi connectivity index (χ0v) is 69.3. The summed E-state index contributed by atoms with van der Waals surface area (Å²) in [6.45, 7) is 9.90. The quantitative estimate of drug-likeness (QED) is 0.0235. The fourth-order valence-corrected chi connectivity index (χ4v) is 14.3. The highest BCUT2D eigenvalue weighted by Gasteiger charge is 2.41. The molecule has 120 heavy (non-hydrogen) atoms. The van der Waals surface area contributed by atoms with E-state index in [9.17, 15) is 48.6 Å². The smallest absolute Gasteiger partial charge is 0.325 e. The number of pyridine rings is 2. The number of carboxylic acids is 1. The van der Waals surface area contributed by atoms with Crippen molar-refractivity contribution in [3.63, 3.8) is 0 Å². The monoisotopic (exact) mass is 1670 g/mol. The first kappa shape index (κ1) is 93.7. The Morgan fingerprint density at radius 3 is 1.64 bits per heavy atom. The van der Waals surface area contributed by atoms with Crippen molar-refractivity contribution >= 4 is 88.5 Å². The van der Waals surface area contributed by atoms with E-state index in [0.717, 1.165) is 0 Å². The van der Waals surface area contributed by atoms with Crippen LogP contribution in [0.2, 0.25) is 5.02 Å². The number of nitrogens with one attached hydrogen (secondary N) is 12. The number of aliphatic hydroxyl groups excluding tert-OH is 1. The van der Waals surface area contributed by atoms with Crippen molar-refractivity contribution in [1.82, 2.24) is 88.6 Å². The number of hydrogen-bond donors (Lipinski definition) is 14. The van der Waals surface area contributed by atoms with E-state index in [-0.39, 0.29) is 113 Å². The number of halogens is 1. The molecule has 34 heteroatoms. The van der Waals surface area contributed by atoms with E-state index in [0.29, 0.717) is 84.7 Å². The van der Waals surface area contributed by atoms with E-state index in [1.165, 1.54) is 62.0 Å². The van der Waals surface area contributed by atoms with E-state index in [2.05, 4.69) is 83.7 Å². The van der Waals surface area contributed by atoms with Crippen LogP contribution in [0.3, 0.4) is 0 Å². The summed E-state index contributed by atoms with van der Waals surface area (Å²) in [6.07, 6.45) is 11.8. The Balaban J connectivity index is 1.06. The lowest BCUT2D eigenvalue weighted by molar-refractivity contribution is -0.144. The standard InChI is InChI=1S/C86H112ClN17O16/c1-52(2)44-67(77(109)98-66(23-12-13-38-90-53(3)4)85(117)104-43-17-24-74(104)84(116)94-54(5)86(118)119)99-76(108)65(22-11-15-40-93-75(107)64-21-10-14-39-91-64)97-79(111)69(47-57-27-33-61(34-28-57)96-82(114)72-50-89-41-42-92-72)102-83(115)73(51-105)103-81(113)71(48-59-18-16-37-88-49-59)101-80(112)70(46-56-25-31-60(87)32-26-56)100-78(110)68(95-55(6)106)45-58-29-35-63(36-30-58)120-62-19-8-7-9-20-62/h7-10,14,16,18-21,25-26,29-32,35-37,39,41-42,49-50,52-54,57,61,65-71,73-74,90,105H,11-13,15,17,22-24,27-28,33-34,38,40,43-48,51H2,1-6H3,(H,93,107)(H,94,116)(H,95,106)(H,96,114)(H,97,111)(H,98,109)(H,99,108)(H,100,110)(H,101,112)(H,102,115)(H,103,113)(H,118,119)/t54-,57?,61?,65-,66+,67+,68-,69+,70-,71-,73+,74+/m1/s1. The molecule has 10 atom stereocenters. The predicted octanol–water partition coefficient (Wildman–Crippen LogP) is 4.40. The highest BCUT2D eigenvalue weighted by atomic mass is 35.5. The molecule has 644 valence electrons. The molecule has 1 saturated heterocycles. The third-order valence-electron chi connectivity index (χ3n) is 20.5. The van der Waals surface area contributed by atoms with Crippen molar-refractivity contribution in [3.8, 4) is 11.5 Å². The van der Waals surface area contributed by atoms with Gasteiger partial charge in [0.1, 0.15) is 83.3 Å². The summed E-state index contributed by atoms with van der Waals surface area (Å²) in [4.78, 5) is 202. The third kappa shape index (κ3) is 31.1. The van der Waals surface area contributed by atoms with Crippen LogP contribution in [-0.4, -0.2) is 211 Å². The van der Waals surface area contributed by atoms with Crippen molar-refractivity contribution in [2.75, 3.05) is 26.2 Å². The van der Waals surface area contributed by atoms with Crippen molar-refractivity contribution in [2.24, 2.45) is 11.8 Å². The molecule has 0 spiro atoms. The zero-order chi connectivity index (χ0) is 86.6. The van der Waals surface area contributed by atoms with Crippen molar-refractivity contribution in [1.29, 1.82) is 0 Å². The molecule has 1 saturated carbocycles. The van der Waals surface area contributed by atoms with Crippen molar-refractivity contribution in [3.05, 3.63) is 179 Å². The van der Waals surface area contributed by atoms with Gasteiger partial charge >= 0.3 is 5.97 Å². The van der Waals surface area contributed by atoms with E-state index < -0.39 is 144 Å². The second-order valence-corrected chi connectivity index (χ2v) is 31.4. The van der Waals surface area contributed by atoms with Gasteiger partial charge in [0, 0.05) is 87.4 Å². The maximum Gasteiger partial charge on any atom is 0.325 e. The number of para-hydroxylation sites is 1. The molecule has 3 aromatic carbocycles. The molecular formula is C86H112ClN17O16. The van der Waals surface area contributed by atoms with Gasteiger partial charge in [-0.25, -0.2) is 4.98 Å². The zero-order valence-electron chi connectivity index (χ0n) is 68.5. The van der Waals surface area contributed by atoms with Crippen molar-refractivity contribution in [2.45, 2.75) is 223 Å². The normalized spacial score (nSPS) is 16.6. The Morgan fingerprint density at radius 1 is 0.500 bits per heavy atom. The Labute approximate surface area is 703 Å². The van der Waals surface area contributed by atoms with Gasteiger partial charge in [-0.05, 0) is 186 Å². The highest BCUT2D eigenvalue weighted by molar-refractivity contribution is 6.30. The molecule has 2 aliphatic rings. The van der Waals surface area contributed by atoms with Gasteiger partial charge in [-0.15, -0.1) is 0 Å². The summed E-state index contributed by atoms with van der Waals surface area (Å²) in [5.41, 5.74) is 1.85. The molecule has 2 fully saturated rings. The summed E-state index contributed by atoms with van der Waals surface area (Å²) in [7, 11) is 0. The summed E-state index contributed by atoms with van der Waals surface area (Å²) < 4.78 is 5.96. The number of rotatable bonds is 46. The number of carbonyl (C=O) groups excluding carboxylic acids is 12. The first-order valence-corrected chi connectivity index (χ1v) is 41.3. The Kier molecular flexibility index (Phi) is 37.7. The Bertz CT molecular complexity index is 4360. The molecule has 4 heterocycles. The lowest BCUT2D eigenvalue weighted by atomic mass is 9.82. The average Bonchev–Trinajstić information content (AvgIpc) is 1.74. The number of aliphatic carboxylic acids is 1. The minimum Gasteiger partial charge on any atom is -0.480 e. The van der Waals surface area contributed by atoms with E-state index in [1.54, 1.807) is 84.9 Å². The molecule has 0 unspecified atom stereocenters. The van der Waals surface area contributed by atoms with E-state index >= 15 is 24.0 Å². The fraction of sp³-hybridized carbons (Fsp3) is 0.477. The Morgan fingerprint density at radius 2 is 1.04 bits per heavy atom. The third-order valence-corrected chi connectivity index (χ3v) is 20.8. The number of likely N-dealkylation sites (tertiary alicyclic amines) is 1. The summed E-state index contributed by atoms with van der Waals surface area (Å²) in [6, 6.07) is 16.4. The number of nitrogens with zero attached hydrogens (tertiary/aromatic N) is 5. The van der Waals surface area contributed by atoms with Crippen LogP contribution in [0, 0.1) is 11.8 Å². The number of aliphatic hydroxyl groups is 1. The lowest BCUT2D eigenvalue weighted by Crippen LogP contribution is -2.61. The van der Waals surface area contributed by atoms with Gasteiger partial charge in [0.15, 0.2) is 0 Å². The minimum absolute atomic E-state index is 0.0187. The minimum atomic E-state index is -1.84. The van der Waals surface area contributed by atoms with Crippen molar-refractivity contribution < 1.29 is 77.3 Å². The van der Waals surface area contributed by atoms with Crippen LogP contribution in [0.1, 0.15) is 169 Å². The first-order chi connectivity index (χ1) is 57.6. The van der Waals surface area contributed by atoms with Crippen LogP contribution < -0.4 is 68.5 Å². The molecule has 3 aromatic heterocycles. The van der Waals surface area contributed by atoms with Gasteiger partial charge in [0.05, 0.1) is 12.8 Å². The van der Waals surface area contributed by atoms with Crippen LogP contribution in [0.15, 0.2) is 146 Å².